The van der Waals surface area contributed by atoms with E-state index in [2.05, 4.69) is 5.32 Å². The summed E-state index contributed by atoms with van der Waals surface area (Å²) >= 11 is 1.13. The average Bonchev–Trinajstić information content (AvgIpc) is 3.35. The molecule has 1 atom stereocenters. The molecule has 1 unspecified atom stereocenters. The number of ether oxygens (including phenoxy) is 1. The standard InChI is InChI=1S/C18H17NO5S2/c20-17(13-24-14-6-2-1-3-7-14)19-12-16(15-8-4-10-23-15)26(21,22)18-9-5-11-25-18/h1-11,16H,12-13H2,(H,19,20). The number of hydrogen-bond donors (Lipinski definition) is 1. The summed E-state index contributed by atoms with van der Waals surface area (Å²) in [7, 11) is -3.67. The molecule has 0 bridgehead atoms. The second kappa shape index (κ2) is 8.20. The van der Waals surface area contributed by atoms with Crippen molar-refractivity contribution in [1.82, 2.24) is 5.32 Å². The van der Waals surface area contributed by atoms with Gasteiger partial charge in [-0.25, -0.2) is 8.42 Å². The van der Waals surface area contributed by atoms with E-state index >= 15 is 0 Å². The Bertz CT molecular complexity index is 919. The number of rotatable bonds is 8. The van der Waals surface area contributed by atoms with E-state index in [1.54, 1.807) is 47.8 Å². The molecule has 0 aliphatic rings. The van der Waals surface area contributed by atoms with Crippen molar-refractivity contribution in [3.63, 3.8) is 0 Å². The number of para-hydroxylation sites is 1. The molecule has 1 amide bonds. The van der Waals surface area contributed by atoms with E-state index in [4.69, 9.17) is 9.15 Å². The molecule has 3 rings (SSSR count). The number of sulfone groups is 1. The molecule has 0 aliphatic carbocycles. The first kappa shape index (κ1) is 18.2. The first-order chi connectivity index (χ1) is 12.6. The number of benzene rings is 1. The second-order valence-corrected chi connectivity index (χ2v) is 8.69. The summed E-state index contributed by atoms with van der Waals surface area (Å²) in [6.45, 7) is -0.307. The highest BCUT2D eigenvalue weighted by Crippen LogP contribution is 2.31. The predicted molar refractivity (Wildman–Crippen MR) is 97.9 cm³/mol. The van der Waals surface area contributed by atoms with E-state index < -0.39 is 21.0 Å². The van der Waals surface area contributed by atoms with E-state index in [-0.39, 0.29) is 23.1 Å². The van der Waals surface area contributed by atoms with Gasteiger partial charge < -0.3 is 14.5 Å². The molecule has 8 heteroatoms. The lowest BCUT2D eigenvalue weighted by atomic mass is 10.3. The van der Waals surface area contributed by atoms with Gasteiger partial charge >= 0.3 is 0 Å². The molecule has 3 aromatic rings. The van der Waals surface area contributed by atoms with Crippen LogP contribution in [0.25, 0.3) is 0 Å². The van der Waals surface area contributed by atoms with E-state index in [9.17, 15) is 13.2 Å². The summed E-state index contributed by atoms with van der Waals surface area (Å²) in [6.07, 6.45) is 1.41. The first-order valence-corrected chi connectivity index (χ1v) is 10.3. The Morgan fingerprint density at radius 2 is 1.92 bits per heavy atom. The third-order valence-corrected chi connectivity index (χ3v) is 7.10. The molecule has 1 N–H and O–H groups in total. The first-order valence-electron chi connectivity index (χ1n) is 7.83. The topological polar surface area (TPSA) is 85.6 Å². The largest absolute Gasteiger partial charge is 0.484 e. The third kappa shape index (κ3) is 4.33. The van der Waals surface area contributed by atoms with Crippen LogP contribution in [0, 0.1) is 0 Å². The smallest absolute Gasteiger partial charge is 0.257 e. The lowest BCUT2D eigenvalue weighted by molar-refractivity contribution is -0.123. The van der Waals surface area contributed by atoms with E-state index in [1.807, 2.05) is 6.07 Å². The quantitative estimate of drug-likeness (QED) is 0.638. The van der Waals surface area contributed by atoms with Crippen molar-refractivity contribution < 1.29 is 22.4 Å². The van der Waals surface area contributed by atoms with Crippen LogP contribution >= 0.6 is 11.3 Å². The number of carbonyl (C=O) groups is 1. The van der Waals surface area contributed by atoms with E-state index in [0.717, 1.165) is 11.3 Å². The Balaban J connectivity index is 1.66. The molecule has 2 aromatic heterocycles. The fourth-order valence-electron chi connectivity index (χ4n) is 2.33. The van der Waals surface area contributed by atoms with E-state index in [0.29, 0.717) is 5.75 Å². The molecular formula is C18H17NO5S2. The summed E-state index contributed by atoms with van der Waals surface area (Å²) in [4.78, 5) is 12.0. The Morgan fingerprint density at radius 1 is 1.12 bits per heavy atom. The Kier molecular flexibility index (Phi) is 5.75. The summed E-state index contributed by atoms with van der Waals surface area (Å²) in [6, 6.07) is 15.3. The summed E-state index contributed by atoms with van der Waals surface area (Å²) in [5.74, 6) is 0.436. The van der Waals surface area contributed by atoms with Crippen LogP contribution in [0.4, 0.5) is 0 Å². The Morgan fingerprint density at radius 3 is 2.58 bits per heavy atom. The molecule has 26 heavy (non-hydrogen) atoms. The highest BCUT2D eigenvalue weighted by molar-refractivity contribution is 7.93. The van der Waals surface area contributed by atoms with Crippen LogP contribution in [-0.2, 0) is 14.6 Å². The highest BCUT2D eigenvalue weighted by Gasteiger charge is 2.32. The van der Waals surface area contributed by atoms with Gasteiger partial charge in [-0.15, -0.1) is 11.3 Å². The number of furan rings is 1. The van der Waals surface area contributed by atoms with Gasteiger partial charge in [0.15, 0.2) is 16.4 Å². The molecule has 136 valence electrons. The van der Waals surface area contributed by atoms with Crippen molar-refractivity contribution in [2.45, 2.75) is 9.46 Å². The van der Waals surface area contributed by atoms with Gasteiger partial charge in [-0.3, -0.25) is 4.79 Å². The van der Waals surface area contributed by atoms with Gasteiger partial charge in [-0.1, -0.05) is 24.3 Å². The van der Waals surface area contributed by atoms with Gasteiger partial charge in [0.1, 0.15) is 21.0 Å². The number of thiophene rings is 1. The van der Waals surface area contributed by atoms with Crippen LogP contribution in [0.15, 0.2) is 74.9 Å². The van der Waals surface area contributed by atoms with Crippen LogP contribution in [0.1, 0.15) is 11.0 Å². The van der Waals surface area contributed by atoms with E-state index in [1.165, 1.54) is 12.3 Å². The summed E-state index contributed by atoms with van der Waals surface area (Å²) in [5.41, 5.74) is 0. The Hall–Kier alpha value is -2.58. The zero-order valence-electron chi connectivity index (χ0n) is 13.7. The minimum atomic E-state index is -3.67. The van der Waals surface area contributed by atoms with Crippen LogP contribution in [0.2, 0.25) is 0 Å². The van der Waals surface area contributed by atoms with Crippen LogP contribution in [0.5, 0.6) is 5.75 Å². The molecule has 2 heterocycles. The minimum absolute atomic E-state index is 0.106. The molecule has 0 saturated carbocycles. The number of carbonyl (C=O) groups excluding carboxylic acids is 1. The van der Waals surface area contributed by atoms with Crippen molar-refractivity contribution in [3.8, 4) is 5.75 Å². The maximum atomic E-state index is 12.9. The average molecular weight is 391 g/mol. The maximum Gasteiger partial charge on any atom is 0.257 e. The lowest BCUT2D eigenvalue weighted by Gasteiger charge is -2.15. The SMILES string of the molecule is O=C(COc1ccccc1)NCC(c1ccco1)S(=O)(=O)c1cccs1. The number of amides is 1. The number of hydrogen-bond acceptors (Lipinski definition) is 6. The highest BCUT2D eigenvalue weighted by atomic mass is 32.2. The predicted octanol–water partition coefficient (Wildman–Crippen LogP) is 3.05. The molecule has 6 nitrogen and oxygen atoms in total. The van der Waals surface area contributed by atoms with Gasteiger partial charge in [0, 0.05) is 6.54 Å². The maximum absolute atomic E-state index is 12.9. The molecule has 0 fully saturated rings. The Labute approximate surface area is 155 Å². The summed E-state index contributed by atoms with van der Waals surface area (Å²) < 4.78 is 36.6. The fourth-order valence-corrected chi connectivity index (χ4v) is 5.12. The van der Waals surface area contributed by atoms with Gasteiger partial charge in [-0.05, 0) is 35.7 Å². The monoisotopic (exact) mass is 391 g/mol. The van der Waals surface area contributed by atoms with Gasteiger partial charge in [0.2, 0.25) is 0 Å². The second-order valence-electron chi connectivity index (χ2n) is 5.39. The molecular weight excluding hydrogens is 374 g/mol. The van der Waals surface area contributed by atoms with Crippen LogP contribution in [0.3, 0.4) is 0 Å². The zero-order valence-corrected chi connectivity index (χ0v) is 15.3. The van der Waals surface area contributed by atoms with Crippen LogP contribution in [-0.4, -0.2) is 27.5 Å². The number of nitrogens with one attached hydrogen (secondary N) is 1. The van der Waals surface area contributed by atoms with Crippen LogP contribution < -0.4 is 10.1 Å². The molecule has 0 spiro atoms. The molecule has 0 saturated heterocycles. The third-order valence-electron chi connectivity index (χ3n) is 3.61. The van der Waals surface area contributed by atoms with Crippen molar-refractivity contribution in [2.24, 2.45) is 0 Å². The fraction of sp³-hybridized carbons (Fsp3) is 0.167. The van der Waals surface area contributed by atoms with Crippen molar-refractivity contribution in [1.29, 1.82) is 0 Å². The molecule has 0 radical (unpaired) electrons. The van der Waals surface area contributed by atoms with Gasteiger partial charge in [0.05, 0.1) is 6.26 Å². The van der Waals surface area contributed by atoms with Crippen molar-refractivity contribution in [2.75, 3.05) is 13.2 Å². The molecule has 0 aliphatic heterocycles. The summed E-state index contributed by atoms with van der Waals surface area (Å²) in [5, 5.41) is 3.30. The zero-order chi connectivity index (χ0) is 18.4. The van der Waals surface area contributed by atoms with Crippen molar-refractivity contribution in [3.05, 3.63) is 72.0 Å². The van der Waals surface area contributed by atoms with Gasteiger partial charge in [0.25, 0.3) is 5.91 Å². The van der Waals surface area contributed by atoms with Crippen molar-refractivity contribution >= 4 is 27.1 Å². The molecule has 1 aromatic carbocycles. The van der Waals surface area contributed by atoms with Gasteiger partial charge in [-0.2, -0.15) is 0 Å². The lowest BCUT2D eigenvalue weighted by Crippen LogP contribution is -2.34. The minimum Gasteiger partial charge on any atom is -0.484 e. The normalized spacial score (nSPS) is 12.5.